The van der Waals surface area contributed by atoms with Crippen molar-refractivity contribution in [1.29, 1.82) is 0 Å². The number of aryl methyl sites for hydroxylation is 2. The predicted octanol–water partition coefficient (Wildman–Crippen LogP) is 2.56. The molecule has 0 bridgehead atoms. The second-order valence-electron chi connectivity index (χ2n) is 9.02. The van der Waals surface area contributed by atoms with E-state index >= 15 is 0 Å². The molecule has 0 unspecified atom stereocenters. The van der Waals surface area contributed by atoms with Crippen LogP contribution in [0.2, 0.25) is 0 Å². The molecule has 172 valence electrons. The number of likely N-dealkylation sites (tertiary alicyclic amines) is 1. The highest BCUT2D eigenvalue weighted by molar-refractivity contribution is 5.82. The fourth-order valence-electron chi connectivity index (χ4n) is 3.21. The van der Waals surface area contributed by atoms with Crippen LogP contribution in [0.1, 0.15) is 44.7 Å². The van der Waals surface area contributed by atoms with Gasteiger partial charge in [-0.25, -0.2) is 4.79 Å². The van der Waals surface area contributed by atoms with E-state index in [9.17, 15) is 14.4 Å². The number of carbonyl (C=O) groups excluding carboxylic acids is 3. The average molecular weight is 434 g/mol. The fourth-order valence-corrected chi connectivity index (χ4v) is 3.21. The topological polar surface area (TPSA) is 97.0 Å². The van der Waals surface area contributed by atoms with Crippen LogP contribution in [0.5, 0.6) is 5.75 Å². The Kier molecular flexibility index (Phi) is 8.71. The number of hydrogen-bond donors (Lipinski definition) is 2. The Morgan fingerprint density at radius 2 is 1.74 bits per heavy atom. The summed E-state index contributed by atoms with van der Waals surface area (Å²) in [5.41, 5.74) is 1.72. The van der Waals surface area contributed by atoms with Crippen molar-refractivity contribution >= 4 is 17.9 Å². The number of nitrogens with one attached hydrogen (secondary N) is 2. The standard InChI is InChI=1S/C23H35N3O5/c1-16-6-7-19(12-17(16)2)30-15-21(28)26-10-8-18(9-11-26)13-24-20(27)14-25-22(29)31-23(3,4)5/h6-7,12,18H,8-11,13-15H2,1-5H3,(H,24,27)(H,25,29). The zero-order valence-electron chi connectivity index (χ0n) is 19.2. The van der Waals surface area contributed by atoms with E-state index in [1.807, 2.05) is 36.9 Å². The third kappa shape index (κ3) is 8.86. The Balaban J connectivity index is 1.63. The number of nitrogens with zero attached hydrogens (tertiary/aromatic N) is 1. The molecule has 31 heavy (non-hydrogen) atoms. The van der Waals surface area contributed by atoms with Crippen molar-refractivity contribution in [2.75, 3.05) is 32.8 Å². The highest BCUT2D eigenvalue weighted by Crippen LogP contribution is 2.18. The molecule has 1 aliphatic rings. The Morgan fingerprint density at radius 3 is 2.35 bits per heavy atom. The van der Waals surface area contributed by atoms with Gasteiger partial charge in [0, 0.05) is 19.6 Å². The summed E-state index contributed by atoms with van der Waals surface area (Å²) >= 11 is 0. The van der Waals surface area contributed by atoms with Crippen molar-refractivity contribution in [3.63, 3.8) is 0 Å². The summed E-state index contributed by atoms with van der Waals surface area (Å²) in [6, 6.07) is 5.80. The molecule has 0 atom stereocenters. The molecule has 0 aromatic heterocycles. The van der Waals surface area contributed by atoms with Crippen LogP contribution in [0.3, 0.4) is 0 Å². The lowest BCUT2D eigenvalue weighted by Crippen LogP contribution is -2.45. The maximum absolute atomic E-state index is 12.4. The van der Waals surface area contributed by atoms with Gasteiger partial charge in [-0.3, -0.25) is 9.59 Å². The van der Waals surface area contributed by atoms with Crippen LogP contribution in [-0.2, 0) is 14.3 Å². The van der Waals surface area contributed by atoms with Gasteiger partial charge in [-0.15, -0.1) is 0 Å². The second-order valence-corrected chi connectivity index (χ2v) is 9.02. The summed E-state index contributed by atoms with van der Waals surface area (Å²) in [5.74, 6) is 0.720. The Labute approximate surface area is 184 Å². The number of piperidine rings is 1. The number of benzene rings is 1. The monoisotopic (exact) mass is 433 g/mol. The third-order valence-electron chi connectivity index (χ3n) is 5.19. The number of hydrogen-bond acceptors (Lipinski definition) is 5. The molecule has 1 aromatic rings. The highest BCUT2D eigenvalue weighted by Gasteiger charge is 2.23. The van der Waals surface area contributed by atoms with E-state index < -0.39 is 11.7 Å². The van der Waals surface area contributed by atoms with E-state index in [4.69, 9.17) is 9.47 Å². The minimum absolute atomic E-state index is 0.0257. The van der Waals surface area contributed by atoms with Gasteiger partial charge in [0.1, 0.15) is 11.4 Å². The van der Waals surface area contributed by atoms with E-state index in [0.717, 1.165) is 18.4 Å². The molecule has 8 heteroatoms. The number of carbonyl (C=O) groups is 3. The Hall–Kier alpha value is -2.77. The van der Waals surface area contributed by atoms with Gasteiger partial charge in [-0.05, 0) is 76.6 Å². The average Bonchev–Trinajstić information content (AvgIpc) is 2.70. The van der Waals surface area contributed by atoms with E-state index in [-0.39, 0.29) is 25.0 Å². The molecule has 1 heterocycles. The zero-order valence-corrected chi connectivity index (χ0v) is 19.2. The minimum atomic E-state index is -0.613. The molecule has 1 saturated heterocycles. The maximum atomic E-state index is 12.4. The maximum Gasteiger partial charge on any atom is 0.408 e. The number of alkyl carbamates (subject to hydrolysis) is 1. The first-order valence-corrected chi connectivity index (χ1v) is 10.7. The van der Waals surface area contributed by atoms with Crippen molar-refractivity contribution in [2.45, 2.75) is 53.1 Å². The van der Waals surface area contributed by atoms with Crippen LogP contribution in [0, 0.1) is 19.8 Å². The lowest BCUT2D eigenvalue weighted by Gasteiger charge is -2.32. The van der Waals surface area contributed by atoms with Gasteiger partial charge in [-0.1, -0.05) is 6.07 Å². The number of amides is 3. The third-order valence-corrected chi connectivity index (χ3v) is 5.19. The molecule has 0 saturated carbocycles. The first-order chi connectivity index (χ1) is 14.5. The summed E-state index contributed by atoms with van der Waals surface area (Å²) < 4.78 is 10.7. The smallest absolute Gasteiger partial charge is 0.408 e. The molecule has 0 radical (unpaired) electrons. The van der Waals surface area contributed by atoms with Crippen molar-refractivity contribution in [3.8, 4) is 5.75 Å². The van der Waals surface area contributed by atoms with Gasteiger partial charge in [0.15, 0.2) is 6.61 Å². The zero-order chi connectivity index (χ0) is 23.0. The quantitative estimate of drug-likeness (QED) is 0.689. The van der Waals surface area contributed by atoms with Gasteiger partial charge in [-0.2, -0.15) is 0 Å². The van der Waals surface area contributed by atoms with Crippen LogP contribution in [0.15, 0.2) is 18.2 Å². The molecular weight excluding hydrogens is 398 g/mol. The molecule has 2 N–H and O–H groups in total. The summed E-state index contributed by atoms with van der Waals surface area (Å²) in [6.45, 7) is 11.1. The van der Waals surface area contributed by atoms with Crippen molar-refractivity contribution < 1.29 is 23.9 Å². The Bertz CT molecular complexity index is 780. The molecular formula is C23H35N3O5. The minimum Gasteiger partial charge on any atom is -0.484 e. The van der Waals surface area contributed by atoms with Crippen LogP contribution in [0.4, 0.5) is 4.79 Å². The van der Waals surface area contributed by atoms with E-state index in [1.54, 1.807) is 20.8 Å². The molecule has 8 nitrogen and oxygen atoms in total. The van der Waals surface area contributed by atoms with Gasteiger partial charge in [0.2, 0.25) is 5.91 Å². The van der Waals surface area contributed by atoms with Crippen LogP contribution >= 0.6 is 0 Å². The van der Waals surface area contributed by atoms with Crippen molar-refractivity contribution in [2.24, 2.45) is 5.92 Å². The Morgan fingerprint density at radius 1 is 1.06 bits per heavy atom. The summed E-state index contributed by atoms with van der Waals surface area (Å²) in [6.07, 6.45) is 1.02. The SMILES string of the molecule is Cc1ccc(OCC(=O)N2CCC(CNC(=O)CNC(=O)OC(C)(C)C)CC2)cc1C. The lowest BCUT2D eigenvalue weighted by atomic mass is 9.97. The van der Waals surface area contributed by atoms with E-state index in [0.29, 0.717) is 31.3 Å². The summed E-state index contributed by atoms with van der Waals surface area (Å²) in [5, 5.41) is 5.28. The molecule has 2 rings (SSSR count). The lowest BCUT2D eigenvalue weighted by molar-refractivity contribution is -0.135. The van der Waals surface area contributed by atoms with Crippen molar-refractivity contribution in [3.05, 3.63) is 29.3 Å². The first kappa shape index (κ1) is 24.5. The highest BCUT2D eigenvalue weighted by atomic mass is 16.6. The van der Waals surface area contributed by atoms with Crippen LogP contribution in [-0.4, -0.2) is 61.2 Å². The van der Waals surface area contributed by atoms with E-state index in [2.05, 4.69) is 10.6 Å². The van der Waals surface area contributed by atoms with Gasteiger partial charge < -0.3 is 25.0 Å². The van der Waals surface area contributed by atoms with Crippen LogP contribution in [0.25, 0.3) is 0 Å². The summed E-state index contributed by atoms with van der Waals surface area (Å²) in [7, 11) is 0. The van der Waals surface area contributed by atoms with Gasteiger partial charge in [0.05, 0.1) is 6.54 Å². The van der Waals surface area contributed by atoms with Crippen LogP contribution < -0.4 is 15.4 Å². The fraction of sp³-hybridized carbons (Fsp3) is 0.609. The molecule has 1 aliphatic heterocycles. The van der Waals surface area contributed by atoms with Gasteiger partial charge >= 0.3 is 6.09 Å². The normalized spacial score (nSPS) is 14.7. The summed E-state index contributed by atoms with van der Waals surface area (Å²) in [4.78, 5) is 37.7. The van der Waals surface area contributed by atoms with Crippen molar-refractivity contribution in [1.82, 2.24) is 15.5 Å². The molecule has 0 spiro atoms. The largest absolute Gasteiger partial charge is 0.484 e. The van der Waals surface area contributed by atoms with E-state index in [1.165, 1.54) is 5.56 Å². The number of ether oxygens (including phenoxy) is 2. The predicted molar refractivity (Wildman–Crippen MR) is 118 cm³/mol. The first-order valence-electron chi connectivity index (χ1n) is 10.7. The number of rotatable bonds is 7. The second kappa shape index (κ2) is 11.0. The molecule has 1 aromatic carbocycles. The molecule has 3 amide bonds. The molecule has 1 fully saturated rings. The molecule has 0 aliphatic carbocycles. The van der Waals surface area contributed by atoms with Gasteiger partial charge in [0.25, 0.3) is 5.91 Å².